The number of carbonyl (C=O) groups excluding carboxylic acids is 2. The maximum absolute atomic E-state index is 12.7. The van der Waals surface area contributed by atoms with Crippen molar-refractivity contribution in [3.05, 3.63) is 63.6 Å². The Kier molecular flexibility index (Phi) is 6.15. The van der Waals surface area contributed by atoms with Gasteiger partial charge in [0, 0.05) is 18.4 Å². The standard InChI is InChI=1S/C22H23N3O5/c1-5-25-11-16(20(27)15-8-7-14(3)23-21(15)25)22(28)30-12-19(26)24-17-10-13(2)6-9-18(17)29-4/h6-11H,5,12H2,1-4H3,(H,24,26). The highest BCUT2D eigenvalue weighted by molar-refractivity contribution is 5.97. The van der Waals surface area contributed by atoms with Gasteiger partial charge in [-0.15, -0.1) is 0 Å². The Labute approximate surface area is 173 Å². The number of hydrogen-bond acceptors (Lipinski definition) is 6. The van der Waals surface area contributed by atoms with Gasteiger partial charge >= 0.3 is 5.97 Å². The molecule has 1 amide bonds. The number of benzene rings is 1. The van der Waals surface area contributed by atoms with Crippen molar-refractivity contribution in [2.45, 2.75) is 27.3 Å². The molecule has 3 aromatic rings. The third-order valence-corrected chi connectivity index (χ3v) is 4.58. The number of nitrogens with one attached hydrogen (secondary N) is 1. The summed E-state index contributed by atoms with van der Waals surface area (Å²) in [6, 6.07) is 8.68. The molecular weight excluding hydrogens is 386 g/mol. The summed E-state index contributed by atoms with van der Waals surface area (Å²) in [5.41, 5.74) is 2.05. The van der Waals surface area contributed by atoms with E-state index < -0.39 is 23.9 Å². The van der Waals surface area contributed by atoms with Crippen molar-refractivity contribution in [3.8, 4) is 5.75 Å². The summed E-state index contributed by atoms with van der Waals surface area (Å²) in [5.74, 6) is -0.916. The second-order valence-corrected chi connectivity index (χ2v) is 6.81. The van der Waals surface area contributed by atoms with Gasteiger partial charge in [0.25, 0.3) is 5.91 Å². The molecule has 8 heteroatoms. The highest BCUT2D eigenvalue weighted by Crippen LogP contribution is 2.25. The average Bonchev–Trinajstić information content (AvgIpc) is 2.72. The first-order valence-electron chi connectivity index (χ1n) is 9.46. The van der Waals surface area contributed by atoms with Gasteiger partial charge in [-0.1, -0.05) is 6.07 Å². The first-order valence-corrected chi connectivity index (χ1v) is 9.46. The van der Waals surface area contributed by atoms with Crippen LogP contribution < -0.4 is 15.5 Å². The van der Waals surface area contributed by atoms with Gasteiger partial charge in [0.2, 0.25) is 5.43 Å². The van der Waals surface area contributed by atoms with Crippen LogP contribution in [-0.2, 0) is 16.1 Å². The Balaban J connectivity index is 1.78. The molecule has 0 saturated heterocycles. The molecule has 2 heterocycles. The van der Waals surface area contributed by atoms with Crippen molar-refractivity contribution in [2.75, 3.05) is 19.0 Å². The normalized spacial score (nSPS) is 10.7. The summed E-state index contributed by atoms with van der Waals surface area (Å²) in [5, 5.41) is 2.97. The molecule has 3 rings (SSSR count). The Bertz CT molecular complexity index is 1180. The number of rotatable bonds is 6. The molecule has 0 aliphatic rings. The molecule has 0 saturated carbocycles. The zero-order chi connectivity index (χ0) is 21.8. The topological polar surface area (TPSA) is 99.5 Å². The van der Waals surface area contributed by atoms with Crippen molar-refractivity contribution < 1.29 is 19.1 Å². The molecule has 0 spiro atoms. The second-order valence-electron chi connectivity index (χ2n) is 6.81. The van der Waals surface area contributed by atoms with Gasteiger partial charge in [0.05, 0.1) is 18.2 Å². The number of fused-ring (bicyclic) bond motifs is 1. The molecule has 0 aliphatic carbocycles. The lowest BCUT2D eigenvalue weighted by molar-refractivity contribution is -0.119. The fourth-order valence-electron chi connectivity index (χ4n) is 3.06. The number of ether oxygens (including phenoxy) is 2. The van der Waals surface area contributed by atoms with E-state index in [1.54, 1.807) is 28.8 Å². The van der Waals surface area contributed by atoms with Crippen LogP contribution in [0.25, 0.3) is 11.0 Å². The van der Waals surface area contributed by atoms with Crippen molar-refractivity contribution >= 4 is 28.6 Å². The minimum atomic E-state index is -0.865. The van der Waals surface area contributed by atoms with Gasteiger partial charge in [-0.05, 0) is 50.6 Å². The number of nitrogens with zero attached hydrogens (tertiary/aromatic N) is 2. The number of methoxy groups -OCH3 is 1. The van der Waals surface area contributed by atoms with E-state index in [4.69, 9.17) is 9.47 Å². The third kappa shape index (κ3) is 4.32. The van der Waals surface area contributed by atoms with Crippen LogP contribution in [0.4, 0.5) is 5.69 Å². The Morgan fingerprint density at radius 1 is 1.17 bits per heavy atom. The monoisotopic (exact) mass is 409 g/mol. The second kappa shape index (κ2) is 8.77. The fraction of sp³-hybridized carbons (Fsp3) is 0.273. The summed E-state index contributed by atoms with van der Waals surface area (Å²) >= 11 is 0. The molecule has 0 atom stereocenters. The van der Waals surface area contributed by atoms with Crippen LogP contribution in [0, 0.1) is 13.8 Å². The molecule has 156 valence electrons. The molecule has 0 radical (unpaired) electrons. The van der Waals surface area contributed by atoms with Crippen LogP contribution in [0.15, 0.2) is 41.3 Å². The highest BCUT2D eigenvalue weighted by atomic mass is 16.5. The summed E-state index contributed by atoms with van der Waals surface area (Å²) < 4.78 is 12.0. The van der Waals surface area contributed by atoms with Crippen molar-refractivity contribution in [1.29, 1.82) is 0 Å². The molecule has 8 nitrogen and oxygen atoms in total. The van der Waals surface area contributed by atoms with E-state index in [-0.39, 0.29) is 5.56 Å². The average molecular weight is 409 g/mol. The zero-order valence-corrected chi connectivity index (χ0v) is 17.3. The van der Waals surface area contributed by atoms with E-state index in [9.17, 15) is 14.4 Å². The lowest BCUT2D eigenvalue weighted by atomic mass is 10.2. The third-order valence-electron chi connectivity index (χ3n) is 4.58. The van der Waals surface area contributed by atoms with Gasteiger partial charge in [-0.25, -0.2) is 9.78 Å². The summed E-state index contributed by atoms with van der Waals surface area (Å²) in [7, 11) is 1.50. The maximum atomic E-state index is 12.7. The smallest absolute Gasteiger partial charge is 0.344 e. The van der Waals surface area contributed by atoms with Crippen molar-refractivity contribution in [1.82, 2.24) is 9.55 Å². The number of aryl methyl sites for hydroxylation is 3. The zero-order valence-electron chi connectivity index (χ0n) is 17.3. The molecule has 1 N–H and O–H groups in total. The van der Waals surface area contributed by atoms with Crippen LogP contribution in [0.2, 0.25) is 0 Å². The van der Waals surface area contributed by atoms with Gasteiger partial charge in [0.1, 0.15) is 17.0 Å². The molecule has 0 fully saturated rings. The minimum absolute atomic E-state index is 0.143. The molecular formula is C22H23N3O5. The molecule has 30 heavy (non-hydrogen) atoms. The maximum Gasteiger partial charge on any atom is 0.344 e. The molecule has 0 aliphatic heterocycles. The number of aromatic nitrogens is 2. The van der Waals surface area contributed by atoms with Crippen molar-refractivity contribution in [2.24, 2.45) is 0 Å². The number of esters is 1. The van der Waals surface area contributed by atoms with E-state index >= 15 is 0 Å². The SMILES string of the molecule is CCn1cc(C(=O)OCC(=O)Nc2cc(C)ccc2OC)c(=O)c2ccc(C)nc21. The largest absolute Gasteiger partial charge is 0.495 e. The van der Waals surface area contributed by atoms with Crippen LogP contribution >= 0.6 is 0 Å². The predicted molar refractivity (Wildman–Crippen MR) is 113 cm³/mol. The van der Waals surface area contributed by atoms with E-state index in [2.05, 4.69) is 10.3 Å². The quantitative estimate of drug-likeness (QED) is 0.629. The first-order chi connectivity index (χ1) is 14.3. The lowest BCUT2D eigenvalue weighted by Crippen LogP contribution is -2.25. The van der Waals surface area contributed by atoms with E-state index in [1.165, 1.54) is 13.3 Å². The Morgan fingerprint density at radius 2 is 1.93 bits per heavy atom. The van der Waals surface area contributed by atoms with Gasteiger partial charge in [-0.2, -0.15) is 0 Å². The first kappa shape index (κ1) is 21.0. The van der Waals surface area contributed by atoms with Crippen molar-refractivity contribution in [3.63, 3.8) is 0 Å². The van der Waals surface area contributed by atoms with Crippen LogP contribution in [0.5, 0.6) is 5.75 Å². The minimum Gasteiger partial charge on any atom is -0.495 e. The van der Waals surface area contributed by atoms with Gasteiger partial charge in [0.15, 0.2) is 6.61 Å². The van der Waals surface area contributed by atoms with E-state index in [0.717, 1.165) is 11.3 Å². The highest BCUT2D eigenvalue weighted by Gasteiger charge is 2.19. The number of hydrogen-bond donors (Lipinski definition) is 1. The van der Waals surface area contributed by atoms with Crippen LogP contribution in [0.1, 0.15) is 28.5 Å². The van der Waals surface area contributed by atoms with E-state index in [1.807, 2.05) is 26.8 Å². The fourth-order valence-corrected chi connectivity index (χ4v) is 3.06. The predicted octanol–water partition coefficient (Wildman–Crippen LogP) is 2.84. The van der Waals surface area contributed by atoms with Gasteiger partial charge < -0.3 is 19.4 Å². The molecule has 2 aromatic heterocycles. The summed E-state index contributed by atoms with van der Waals surface area (Å²) in [4.78, 5) is 41.9. The Hall–Kier alpha value is -3.68. The lowest BCUT2D eigenvalue weighted by Gasteiger charge is -2.12. The molecule has 0 bridgehead atoms. The van der Waals surface area contributed by atoms with E-state index in [0.29, 0.717) is 29.0 Å². The molecule has 1 aromatic carbocycles. The van der Waals surface area contributed by atoms with Gasteiger partial charge in [-0.3, -0.25) is 9.59 Å². The summed E-state index contributed by atoms with van der Waals surface area (Å²) in [6.45, 7) is 5.57. The number of pyridine rings is 2. The summed E-state index contributed by atoms with van der Waals surface area (Å²) in [6.07, 6.45) is 1.42. The number of anilines is 1. The Morgan fingerprint density at radius 3 is 2.63 bits per heavy atom. The number of amides is 1. The van der Waals surface area contributed by atoms with Crippen LogP contribution in [0.3, 0.4) is 0 Å². The van der Waals surface area contributed by atoms with Crippen LogP contribution in [-0.4, -0.2) is 35.1 Å². The molecule has 0 unspecified atom stereocenters. The number of carbonyl (C=O) groups is 2.